The minimum atomic E-state index is 0.371. The average Bonchev–Trinajstić information content (AvgIpc) is 2.65. The zero-order chi connectivity index (χ0) is 13.6. The Balaban J connectivity index is 1.94. The Bertz CT molecular complexity index is 249. The molecule has 1 aliphatic heterocycles. The summed E-state index contributed by atoms with van der Waals surface area (Å²) in [7, 11) is 2.10. The molecule has 19 heavy (non-hydrogen) atoms. The van der Waals surface area contributed by atoms with E-state index in [2.05, 4.69) is 17.3 Å². The summed E-state index contributed by atoms with van der Waals surface area (Å²) in [6, 6.07) is 0. The molecule has 0 aromatic rings. The number of hydrogen-bond donors (Lipinski definition) is 2. The normalized spacial score (nSPS) is 29.1. The van der Waals surface area contributed by atoms with Crippen molar-refractivity contribution in [2.45, 2.75) is 51.4 Å². The van der Waals surface area contributed by atoms with Crippen molar-refractivity contribution < 1.29 is 5.11 Å². The molecule has 1 atom stereocenters. The molecular weight excluding hydrogens is 236 g/mol. The highest BCUT2D eigenvalue weighted by Crippen LogP contribution is 2.36. The number of aliphatic hydroxyl groups excluding tert-OH is 1. The average molecular weight is 268 g/mol. The van der Waals surface area contributed by atoms with Crippen molar-refractivity contribution in [3.63, 3.8) is 0 Å². The van der Waals surface area contributed by atoms with Crippen molar-refractivity contribution in [1.29, 1.82) is 0 Å². The second-order valence-electron chi connectivity index (χ2n) is 6.87. The fourth-order valence-corrected chi connectivity index (χ4v) is 4.16. The number of rotatable bonds is 5. The van der Waals surface area contributed by atoms with Gasteiger partial charge in [-0.25, -0.2) is 0 Å². The summed E-state index contributed by atoms with van der Waals surface area (Å²) in [6.07, 6.45) is 10.9. The number of likely N-dealkylation sites (tertiary alicyclic amines) is 1. The van der Waals surface area contributed by atoms with E-state index in [1.165, 1.54) is 64.5 Å². The Morgan fingerprint density at radius 3 is 2.53 bits per heavy atom. The lowest BCUT2D eigenvalue weighted by molar-refractivity contribution is 0.0700. The van der Waals surface area contributed by atoms with Crippen LogP contribution >= 0.6 is 0 Å². The van der Waals surface area contributed by atoms with E-state index in [0.29, 0.717) is 17.9 Å². The van der Waals surface area contributed by atoms with Crippen LogP contribution in [0.4, 0.5) is 0 Å². The van der Waals surface area contributed by atoms with Gasteiger partial charge in [0.15, 0.2) is 0 Å². The molecule has 0 radical (unpaired) electrons. The molecule has 0 aromatic heterocycles. The van der Waals surface area contributed by atoms with Crippen molar-refractivity contribution >= 4 is 0 Å². The van der Waals surface area contributed by atoms with Crippen molar-refractivity contribution in [3.8, 4) is 0 Å². The quantitative estimate of drug-likeness (QED) is 0.751. The van der Waals surface area contributed by atoms with Gasteiger partial charge in [-0.3, -0.25) is 0 Å². The Morgan fingerprint density at radius 2 is 1.89 bits per heavy atom. The highest BCUT2D eigenvalue weighted by Gasteiger charge is 2.33. The molecule has 0 aromatic carbocycles. The summed E-state index contributed by atoms with van der Waals surface area (Å²) in [5, 5.41) is 12.8. The Kier molecular flexibility index (Phi) is 6.11. The first-order valence-electron chi connectivity index (χ1n) is 8.26. The summed E-state index contributed by atoms with van der Waals surface area (Å²) in [6.45, 7) is 5.12. The van der Waals surface area contributed by atoms with E-state index >= 15 is 0 Å². The van der Waals surface area contributed by atoms with E-state index in [4.69, 9.17) is 0 Å². The third-order valence-corrected chi connectivity index (χ3v) is 5.14. The Hall–Kier alpha value is -0.120. The molecule has 0 spiro atoms. The molecular formula is C16H32N2O. The highest BCUT2D eigenvalue weighted by atomic mass is 16.3. The second-order valence-corrected chi connectivity index (χ2v) is 6.87. The first-order valence-corrected chi connectivity index (χ1v) is 8.26. The van der Waals surface area contributed by atoms with Crippen LogP contribution in [0.15, 0.2) is 0 Å². The predicted octanol–water partition coefficient (Wildman–Crippen LogP) is 2.25. The van der Waals surface area contributed by atoms with Crippen molar-refractivity contribution in [2.75, 3.05) is 39.8 Å². The van der Waals surface area contributed by atoms with Gasteiger partial charge >= 0.3 is 0 Å². The molecule has 3 heteroatoms. The van der Waals surface area contributed by atoms with E-state index in [1.54, 1.807) is 0 Å². The SMILES string of the molecule is CNCC1(CN2CCCC(CO)C2)CCCCCC1. The van der Waals surface area contributed by atoms with E-state index in [9.17, 15) is 5.11 Å². The number of nitrogens with zero attached hydrogens (tertiary/aromatic N) is 1. The van der Waals surface area contributed by atoms with Gasteiger partial charge in [0.2, 0.25) is 0 Å². The first-order chi connectivity index (χ1) is 9.28. The summed E-state index contributed by atoms with van der Waals surface area (Å²) >= 11 is 0. The topological polar surface area (TPSA) is 35.5 Å². The summed E-state index contributed by atoms with van der Waals surface area (Å²) in [5.74, 6) is 0.520. The van der Waals surface area contributed by atoms with Crippen molar-refractivity contribution in [1.82, 2.24) is 10.2 Å². The van der Waals surface area contributed by atoms with Gasteiger partial charge in [-0.1, -0.05) is 25.7 Å². The smallest absolute Gasteiger partial charge is 0.0471 e. The monoisotopic (exact) mass is 268 g/mol. The third kappa shape index (κ3) is 4.44. The van der Waals surface area contributed by atoms with Crippen LogP contribution in [0.25, 0.3) is 0 Å². The van der Waals surface area contributed by atoms with Gasteiger partial charge in [0, 0.05) is 26.2 Å². The lowest BCUT2D eigenvalue weighted by Crippen LogP contribution is -2.47. The van der Waals surface area contributed by atoms with E-state index in [0.717, 1.165) is 13.1 Å². The standard InChI is InChI=1S/C16H32N2O/c1-17-13-16(8-4-2-3-5-9-16)14-18-10-6-7-15(11-18)12-19/h15,17,19H,2-14H2,1H3. The molecule has 2 rings (SSSR count). The maximum Gasteiger partial charge on any atom is 0.0471 e. The molecule has 0 amide bonds. The number of aliphatic hydroxyl groups is 1. The molecule has 2 fully saturated rings. The summed E-state index contributed by atoms with van der Waals surface area (Å²) < 4.78 is 0. The fraction of sp³-hybridized carbons (Fsp3) is 1.00. The molecule has 1 unspecified atom stereocenters. The van der Waals surface area contributed by atoms with E-state index in [-0.39, 0.29) is 0 Å². The van der Waals surface area contributed by atoms with Crippen LogP contribution < -0.4 is 5.32 Å². The molecule has 1 saturated heterocycles. The van der Waals surface area contributed by atoms with Gasteiger partial charge in [-0.2, -0.15) is 0 Å². The minimum absolute atomic E-state index is 0.371. The number of piperidine rings is 1. The van der Waals surface area contributed by atoms with Crippen LogP contribution in [0.1, 0.15) is 51.4 Å². The van der Waals surface area contributed by atoms with Crippen LogP contribution in [0.5, 0.6) is 0 Å². The number of nitrogens with one attached hydrogen (secondary N) is 1. The third-order valence-electron chi connectivity index (χ3n) is 5.14. The molecule has 3 nitrogen and oxygen atoms in total. The zero-order valence-corrected chi connectivity index (χ0v) is 12.7. The number of hydrogen-bond acceptors (Lipinski definition) is 3. The highest BCUT2D eigenvalue weighted by molar-refractivity contribution is 4.88. The van der Waals surface area contributed by atoms with Crippen molar-refractivity contribution in [2.24, 2.45) is 11.3 Å². The van der Waals surface area contributed by atoms with E-state index in [1.807, 2.05) is 0 Å². The lowest BCUT2D eigenvalue weighted by atomic mass is 9.79. The van der Waals surface area contributed by atoms with Gasteiger partial charge in [0.1, 0.15) is 0 Å². The Morgan fingerprint density at radius 1 is 1.16 bits per heavy atom. The van der Waals surface area contributed by atoms with Gasteiger partial charge in [-0.15, -0.1) is 0 Å². The van der Waals surface area contributed by atoms with Crippen LogP contribution in [0, 0.1) is 11.3 Å². The summed E-state index contributed by atoms with van der Waals surface area (Å²) in [5.41, 5.74) is 0.489. The molecule has 2 N–H and O–H groups in total. The predicted molar refractivity (Wildman–Crippen MR) is 80.3 cm³/mol. The molecule has 0 bridgehead atoms. The van der Waals surface area contributed by atoms with Crippen LogP contribution in [-0.4, -0.2) is 49.8 Å². The van der Waals surface area contributed by atoms with Crippen LogP contribution in [0.2, 0.25) is 0 Å². The second kappa shape index (κ2) is 7.61. The molecule has 2 aliphatic rings. The van der Waals surface area contributed by atoms with Gasteiger partial charge in [-0.05, 0) is 50.6 Å². The summed E-state index contributed by atoms with van der Waals surface area (Å²) in [4.78, 5) is 2.63. The van der Waals surface area contributed by atoms with E-state index < -0.39 is 0 Å². The largest absolute Gasteiger partial charge is 0.396 e. The van der Waals surface area contributed by atoms with Gasteiger partial charge in [0.25, 0.3) is 0 Å². The van der Waals surface area contributed by atoms with Gasteiger partial charge < -0.3 is 15.3 Å². The van der Waals surface area contributed by atoms with Crippen molar-refractivity contribution in [3.05, 3.63) is 0 Å². The maximum atomic E-state index is 9.39. The van der Waals surface area contributed by atoms with Gasteiger partial charge in [0.05, 0.1) is 0 Å². The minimum Gasteiger partial charge on any atom is -0.396 e. The van der Waals surface area contributed by atoms with Crippen LogP contribution in [-0.2, 0) is 0 Å². The molecule has 1 heterocycles. The fourth-order valence-electron chi connectivity index (χ4n) is 4.16. The zero-order valence-electron chi connectivity index (χ0n) is 12.7. The first kappa shape index (κ1) is 15.3. The Labute approximate surface area is 118 Å². The molecule has 1 aliphatic carbocycles. The molecule has 1 saturated carbocycles. The van der Waals surface area contributed by atoms with Crippen LogP contribution in [0.3, 0.4) is 0 Å². The molecule has 112 valence electrons. The lowest BCUT2D eigenvalue weighted by Gasteiger charge is -2.41. The maximum absolute atomic E-state index is 9.39.